The van der Waals surface area contributed by atoms with Crippen molar-refractivity contribution in [1.82, 2.24) is 9.97 Å². The van der Waals surface area contributed by atoms with Gasteiger partial charge in [0.25, 0.3) is 0 Å². The topological polar surface area (TPSA) is 41.1 Å². The Labute approximate surface area is 222 Å². The van der Waals surface area contributed by atoms with Crippen LogP contribution < -0.4 is 10.2 Å². The highest BCUT2D eigenvalue weighted by Gasteiger charge is 2.05. The summed E-state index contributed by atoms with van der Waals surface area (Å²) < 4.78 is 0. The molecule has 0 saturated carbocycles. The summed E-state index contributed by atoms with van der Waals surface area (Å²) in [7, 11) is 1.88. The van der Waals surface area contributed by atoms with Crippen LogP contribution in [0.2, 0.25) is 0 Å². The molecule has 0 unspecified atom stereocenters. The largest absolute Gasteiger partial charge is 0.373 e. The van der Waals surface area contributed by atoms with Crippen LogP contribution in [-0.2, 0) is 0 Å². The van der Waals surface area contributed by atoms with E-state index in [1.807, 2.05) is 86.0 Å². The van der Waals surface area contributed by atoms with Crippen LogP contribution >= 0.6 is 0 Å². The van der Waals surface area contributed by atoms with E-state index in [0.717, 1.165) is 48.6 Å². The van der Waals surface area contributed by atoms with Crippen molar-refractivity contribution in [2.45, 2.75) is 75.2 Å². The molecule has 1 N–H and O–H groups in total. The van der Waals surface area contributed by atoms with Gasteiger partial charge in [-0.1, -0.05) is 92.3 Å². The maximum atomic E-state index is 4.49. The molecular formula is C32H52N4. The number of benzene rings is 1. The quantitative estimate of drug-likeness (QED) is 0.340. The van der Waals surface area contributed by atoms with Crippen molar-refractivity contribution in [1.29, 1.82) is 0 Å². The highest BCUT2D eigenvalue weighted by molar-refractivity contribution is 5.82. The Hall–Kier alpha value is -3.14. The standard InChI is InChI=1S/C13H14N2.C13H20N2.3C2H6/c1-3-4-10-5-6-11-7-8-13(14-2)15-12(11)9-10;1-4-9-15(10-5-2)13-11-12(6-3)7-8-14-13;3*1-2/h3-9H,1-2H3,(H,14,15);6-8,11H,3-5,9-10H2,1-2H3;3*1-2H3/b4-3+;;;;. The third-order valence-electron chi connectivity index (χ3n) is 4.65. The number of nitrogens with one attached hydrogen (secondary N) is 1. The summed E-state index contributed by atoms with van der Waals surface area (Å²) in [4.78, 5) is 11.2. The minimum atomic E-state index is 0.903. The highest BCUT2D eigenvalue weighted by Crippen LogP contribution is 2.17. The molecule has 0 atom stereocenters. The molecule has 2 heterocycles. The predicted molar refractivity (Wildman–Crippen MR) is 167 cm³/mol. The van der Waals surface area contributed by atoms with Gasteiger partial charge in [0.2, 0.25) is 0 Å². The van der Waals surface area contributed by atoms with Gasteiger partial charge in [-0.3, -0.25) is 0 Å². The molecule has 0 saturated heterocycles. The molecule has 0 aliphatic carbocycles. The molecule has 0 aliphatic rings. The van der Waals surface area contributed by atoms with Crippen molar-refractivity contribution in [3.63, 3.8) is 0 Å². The van der Waals surface area contributed by atoms with Crippen LogP contribution in [0.4, 0.5) is 11.6 Å². The van der Waals surface area contributed by atoms with Crippen LogP contribution in [0.1, 0.15) is 86.3 Å². The lowest BCUT2D eigenvalue weighted by atomic mass is 10.1. The van der Waals surface area contributed by atoms with E-state index in [0.29, 0.717) is 0 Å². The smallest absolute Gasteiger partial charge is 0.129 e. The fourth-order valence-corrected chi connectivity index (χ4v) is 3.18. The third kappa shape index (κ3) is 13.1. The molecule has 2 aromatic heterocycles. The fraction of sp³-hybridized carbons (Fsp3) is 0.438. The first kappa shape index (κ1) is 35.0. The number of nitrogens with zero attached hydrogens (tertiary/aromatic N) is 3. The van der Waals surface area contributed by atoms with Crippen molar-refractivity contribution < 1.29 is 0 Å². The Morgan fingerprint density at radius 1 is 0.861 bits per heavy atom. The molecule has 0 bridgehead atoms. The first-order valence-corrected chi connectivity index (χ1v) is 13.7. The Bertz CT molecular complexity index is 957. The van der Waals surface area contributed by atoms with E-state index in [9.17, 15) is 0 Å². The number of allylic oxidation sites excluding steroid dienone is 1. The van der Waals surface area contributed by atoms with Crippen molar-refractivity contribution in [3.05, 3.63) is 72.4 Å². The van der Waals surface area contributed by atoms with Crippen LogP contribution in [0.5, 0.6) is 0 Å². The van der Waals surface area contributed by atoms with E-state index in [4.69, 9.17) is 0 Å². The molecule has 0 spiro atoms. The molecule has 3 rings (SSSR count). The first-order chi connectivity index (χ1) is 17.6. The van der Waals surface area contributed by atoms with Gasteiger partial charge in [-0.15, -0.1) is 0 Å². The molecule has 0 fully saturated rings. The van der Waals surface area contributed by atoms with Crippen LogP contribution in [-0.4, -0.2) is 30.1 Å². The summed E-state index contributed by atoms with van der Waals surface area (Å²) in [6.07, 6.45) is 10.1. The van der Waals surface area contributed by atoms with Crippen LogP contribution in [0, 0.1) is 0 Å². The molecule has 0 aliphatic heterocycles. The summed E-state index contributed by atoms with van der Waals surface area (Å²) in [5.41, 5.74) is 3.35. The van der Waals surface area contributed by atoms with Crippen LogP contribution in [0.3, 0.4) is 0 Å². The number of fused-ring (bicyclic) bond motifs is 1. The molecule has 0 radical (unpaired) electrons. The van der Waals surface area contributed by atoms with Gasteiger partial charge in [-0.2, -0.15) is 0 Å². The summed E-state index contributed by atoms with van der Waals surface area (Å²) in [5, 5.41) is 4.21. The average Bonchev–Trinajstić information content (AvgIpc) is 2.96. The minimum Gasteiger partial charge on any atom is -0.373 e. The minimum absolute atomic E-state index is 0.903. The lowest BCUT2D eigenvalue weighted by Crippen LogP contribution is -2.25. The van der Waals surface area contributed by atoms with Gasteiger partial charge in [0.05, 0.1) is 5.52 Å². The summed E-state index contributed by atoms with van der Waals surface area (Å²) >= 11 is 0. The number of pyridine rings is 2. The van der Waals surface area contributed by atoms with Crippen molar-refractivity contribution in [2.75, 3.05) is 30.4 Å². The Kier molecular flexibility index (Phi) is 23.0. The number of aromatic nitrogens is 2. The normalized spacial score (nSPS) is 9.28. The second-order valence-corrected chi connectivity index (χ2v) is 7.04. The zero-order valence-corrected chi connectivity index (χ0v) is 24.7. The van der Waals surface area contributed by atoms with Gasteiger partial charge < -0.3 is 10.2 Å². The number of hydrogen-bond acceptors (Lipinski definition) is 4. The number of hydrogen-bond donors (Lipinski definition) is 1. The van der Waals surface area contributed by atoms with E-state index >= 15 is 0 Å². The maximum Gasteiger partial charge on any atom is 0.129 e. The van der Waals surface area contributed by atoms with E-state index in [1.54, 1.807) is 0 Å². The average molecular weight is 493 g/mol. The zero-order chi connectivity index (χ0) is 27.8. The van der Waals surface area contributed by atoms with Gasteiger partial charge in [0.1, 0.15) is 11.6 Å². The molecular weight excluding hydrogens is 440 g/mol. The van der Waals surface area contributed by atoms with E-state index < -0.39 is 0 Å². The van der Waals surface area contributed by atoms with Crippen molar-refractivity contribution in [2.24, 2.45) is 0 Å². The summed E-state index contributed by atoms with van der Waals surface area (Å²) in [6, 6.07) is 14.4. The van der Waals surface area contributed by atoms with E-state index in [1.165, 1.54) is 10.9 Å². The van der Waals surface area contributed by atoms with Gasteiger partial charge in [-0.05, 0) is 61.2 Å². The van der Waals surface area contributed by atoms with E-state index in [2.05, 4.69) is 77.0 Å². The fourth-order valence-electron chi connectivity index (χ4n) is 3.18. The number of rotatable bonds is 8. The predicted octanol–water partition coefficient (Wildman–Crippen LogP) is 9.74. The number of anilines is 2. The molecule has 3 aromatic rings. The monoisotopic (exact) mass is 492 g/mol. The molecule has 200 valence electrons. The highest BCUT2D eigenvalue weighted by atomic mass is 15.2. The van der Waals surface area contributed by atoms with Crippen LogP contribution in [0.15, 0.2) is 61.3 Å². The Morgan fingerprint density at radius 3 is 2.00 bits per heavy atom. The van der Waals surface area contributed by atoms with Gasteiger partial charge in [0, 0.05) is 31.7 Å². The SMILES string of the molecule is C/C=C/c1ccc2ccc(NC)nc2c1.C=Cc1ccnc(N(CCC)CCC)c1.CC.CC.CC. The second kappa shape index (κ2) is 23.6. The van der Waals surface area contributed by atoms with Crippen molar-refractivity contribution in [3.8, 4) is 0 Å². The second-order valence-electron chi connectivity index (χ2n) is 7.04. The van der Waals surface area contributed by atoms with Gasteiger partial charge in [0.15, 0.2) is 0 Å². The molecule has 0 amide bonds. The molecule has 1 aromatic carbocycles. The lowest BCUT2D eigenvalue weighted by molar-refractivity contribution is 0.734. The molecule has 4 heteroatoms. The third-order valence-corrected chi connectivity index (χ3v) is 4.65. The molecule has 36 heavy (non-hydrogen) atoms. The van der Waals surface area contributed by atoms with E-state index in [-0.39, 0.29) is 0 Å². The molecule has 4 nitrogen and oxygen atoms in total. The first-order valence-electron chi connectivity index (χ1n) is 13.7. The summed E-state index contributed by atoms with van der Waals surface area (Å²) in [6.45, 7) is 24.3. The zero-order valence-electron chi connectivity index (χ0n) is 24.7. The maximum absolute atomic E-state index is 4.49. The Morgan fingerprint density at radius 2 is 1.47 bits per heavy atom. The Balaban J connectivity index is 0. The van der Waals surface area contributed by atoms with Gasteiger partial charge in [-0.25, -0.2) is 9.97 Å². The van der Waals surface area contributed by atoms with Gasteiger partial charge >= 0.3 is 0 Å². The summed E-state index contributed by atoms with van der Waals surface area (Å²) in [5.74, 6) is 1.97. The van der Waals surface area contributed by atoms with Crippen LogP contribution in [0.25, 0.3) is 23.1 Å². The van der Waals surface area contributed by atoms with Crippen molar-refractivity contribution >= 4 is 34.7 Å². The lowest BCUT2D eigenvalue weighted by Gasteiger charge is -2.22.